The van der Waals surface area contributed by atoms with Crippen molar-refractivity contribution in [2.45, 2.75) is 13.2 Å². The van der Waals surface area contributed by atoms with E-state index in [4.69, 9.17) is 9.84 Å². The Morgan fingerprint density at radius 1 is 1.06 bits per heavy atom. The van der Waals surface area contributed by atoms with Crippen LogP contribution >= 0.6 is 0 Å². The highest BCUT2D eigenvalue weighted by Gasteiger charge is 2.00. The Bertz CT molecular complexity index is 515. The van der Waals surface area contributed by atoms with Crippen molar-refractivity contribution in [3.8, 4) is 5.75 Å². The van der Waals surface area contributed by atoms with Crippen molar-refractivity contribution in [3.63, 3.8) is 0 Å². The van der Waals surface area contributed by atoms with Gasteiger partial charge in [-0.05, 0) is 28.8 Å². The molecular weight excluding hydrogens is 224 g/mol. The summed E-state index contributed by atoms with van der Waals surface area (Å²) < 4.78 is 5.70. The normalized spacial score (nSPS) is 10.1. The largest absolute Gasteiger partial charge is 0.489 e. The van der Waals surface area contributed by atoms with Gasteiger partial charge in [0.1, 0.15) is 12.4 Å². The molecular formula is C16H16O2. The summed E-state index contributed by atoms with van der Waals surface area (Å²) >= 11 is 0. The first kappa shape index (κ1) is 12.4. The second-order valence-corrected chi connectivity index (χ2v) is 3.99. The molecule has 0 spiro atoms. The van der Waals surface area contributed by atoms with Crippen LogP contribution in [0.3, 0.4) is 0 Å². The molecule has 18 heavy (non-hydrogen) atoms. The molecule has 0 aliphatic heterocycles. The molecule has 0 fully saturated rings. The van der Waals surface area contributed by atoms with Crippen LogP contribution in [-0.4, -0.2) is 5.11 Å². The Balaban J connectivity index is 2.04. The zero-order valence-corrected chi connectivity index (χ0v) is 10.2. The van der Waals surface area contributed by atoms with E-state index in [-0.39, 0.29) is 6.61 Å². The molecule has 2 rings (SSSR count). The van der Waals surface area contributed by atoms with E-state index in [9.17, 15) is 0 Å². The number of rotatable bonds is 5. The fourth-order valence-electron chi connectivity index (χ4n) is 1.72. The van der Waals surface area contributed by atoms with Crippen LogP contribution in [0.25, 0.3) is 6.08 Å². The Hall–Kier alpha value is -2.06. The summed E-state index contributed by atoms with van der Waals surface area (Å²) in [4.78, 5) is 0. The summed E-state index contributed by atoms with van der Waals surface area (Å²) in [5, 5.41) is 8.95. The van der Waals surface area contributed by atoms with Crippen LogP contribution in [-0.2, 0) is 13.2 Å². The molecule has 0 unspecified atom stereocenters. The molecule has 92 valence electrons. The van der Waals surface area contributed by atoms with E-state index in [0.29, 0.717) is 6.61 Å². The molecule has 0 radical (unpaired) electrons. The molecule has 0 saturated heterocycles. The Kier molecular flexibility index (Phi) is 4.15. The van der Waals surface area contributed by atoms with Crippen molar-refractivity contribution in [2.24, 2.45) is 0 Å². The number of aliphatic hydroxyl groups excluding tert-OH is 1. The van der Waals surface area contributed by atoms with Crippen LogP contribution < -0.4 is 4.74 Å². The average molecular weight is 240 g/mol. The van der Waals surface area contributed by atoms with Crippen molar-refractivity contribution in [2.75, 3.05) is 0 Å². The summed E-state index contributed by atoms with van der Waals surface area (Å²) in [5.74, 6) is 0.797. The van der Waals surface area contributed by atoms with Gasteiger partial charge in [-0.1, -0.05) is 49.1 Å². The van der Waals surface area contributed by atoms with Gasteiger partial charge in [-0.15, -0.1) is 0 Å². The summed E-state index contributed by atoms with van der Waals surface area (Å²) in [7, 11) is 0. The van der Waals surface area contributed by atoms with Crippen LogP contribution in [0.15, 0.2) is 55.1 Å². The molecule has 0 amide bonds. The van der Waals surface area contributed by atoms with Crippen molar-refractivity contribution in [1.82, 2.24) is 0 Å². The van der Waals surface area contributed by atoms with Gasteiger partial charge in [0.05, 0.1) is 6.61 Å². The fourth-order valence-corrected chi connectivity index (χ4v) is 1.72. The molecule has 0 saturated carbocycles. The van der Waals surface area contributed by atoms with Crippen molar-refractivity contribution < 1.29 is 9.84 Å². The average Bonchev–Trinajstić information content (AvgIpc) is 2.46. The number of hydrogen-bond acceptors (Lipinski definition) is 2. The molecule has 0 heterocycles. The number of benzene rings is 2. The lowest BCUT2D eigenvalue weighted by molar-refractivity contribution is 0.280. The molecule has 1 N–H and O–H groups in total. The number of ether oxygens (including phenoxy) is 1. The van der Waals surface area contributed by atoms with Gasteiger partial charge >= 0.3 is 0 Å². The maximum absolute atomic E-state index is 8.95. The maximum Gasteiger partial charge on any atom is 0.119 e. The maximum atomic E-state index is 8.95. The van der Waals surface area contributed by atoms with E-state index in [2.05, 4.69) is 6.58 Å². The van der Waals surface area contributed by atoms with Gasteiger partial charge in [0.25, 0.3) is 0 Å². The summed E-state index contributed by atoms with van der Waals surface area (Å²) in [6.45, 7) is 4.36. The lowest BCUT2D eigenvalue weighted by Gasteiger charge is -2.09. The third kappa shape index (κ3) is 2.99. The first-order valence-corrected chi connectivity index (χ1v) is 5.86. The predicted octanol–water partition coefficient (Wildman–Crippen LogP) is 3.40. The SMILES string of the molecule is C=Cc1ccccc1COc1ccc(CO)cc1. The van der Waals surface area contributed by atoms with Gasteiger partial charge in [-0.25, -0.2) is 0 Å². The van der Waals surface area contributed by atoms with Crippen molar-refractivity contribution in [1.29, 1.82) is 0 Å². The molecule has 2 aromatic rings. The predicted molar refractivity (Wildman–Crippen MR) is 73.2 cm³/mol. The minimum atomic E-state index is 0.0551. The van der Waals surface area contributed by atoms with E-state index in [1.165, 1.54) is 0 Å². The van der Waals surface area contributed by atoms with Crippen LogP contribution in [0.4, 0.5) is 0 Å². The lowest BCUT2D eigenvalue weighted by atomic mass is 10.1. The third-order valence-electron chi connectivity index (χ3n) is 2.78. The Labute approximate surface area is 107 Å². The van der Waals surface area contributed by atoms with Gasteiger partial charge in [0.15, 0.2) is 0 Å². The van der Waals surface area contributed by atoms with Crippen LogP contribution in [0, 0.1) is 0 Å². The van der Waals surface area contributed by atoms with Gasteiger partial charge in [-0.3, -0.25) is 0 Å². The smallest absolute Gasteiger partial charge is 0.119 e. The molecule has 2 heteroatoms. The highest BCUT2D eigenvalue weighted by atomic mass is 16.5. The van der Waals surface area contributed by atoms with Crippen LogP contribution in [0.5, 0.6) is 5.75 Å². The van der Waals surface area contributed by atoms with E-state index in [1.807, 2.05) is 54.6 Å². The highest BCUT2D eigenvalue weighted by Crippen LogP contribution is 2.16. The summed E-state index contributed by atoms with van der Waals surface area (Å²) in [6, 6.07) is 15.4. The second kappa shape index (κ2) is 6.03. The van der Waals surface area contributed by atoms with Gasteiger partial charge < -0.3 is 9.84 Å². The minimum Gasteiger partial charge on any atom is -0.489 e. The van der Waals surface area contributed by atoms with Crippen LogP contribution in [0.1, 0.15) is 16.7 Å². The van der Waals surface area contributed by atoms with Crippen LogP contribution in [0.2, 0.25) is 0 Å². The standard InChI is InChI=1S/C16H16O2/c1-2-14-5-3-4-6-15(14)12-18-16-9-7-13(11-17)8-10-16/h2-10,17H,1,11-12H2. The topological polar surface area (TPSA) is 29.5 Å². The first-order chi connectivity index (χ1) is 8.83. The minimum absolute atomic E-state index is 0.0551. The van der Waals surface area contributed by atoms with Crippen molar-refractivity contribution in [3.05, 3.63) is 71.8 Å². The molecule has 0 bridgehead atoms. The zero-order valence-electron chi connectivity index (χ0n) is 10.2. The Morgan fingerprint density at radius 2 is 1.78 bits per heavy atom. The molecule has 2 aromatic carbocycles. The molecule has 0 aliphatic rings. The number of hydrogen-bond donors (Lipinski definition) is 1. The van der Waals surface area contributed by atoms with E-state index >= 15 is 0 Å². The molecule has 0 atom stereocenters. The van der Waals surface area contributed by atoms with Gasteiger partial charge in [0.2, 0.25) is 0 Å². The second-order valence-electron chi connectivity index (χ2n) is 3.99. The molecule has 2 nitrogen and oxygen atoms in total. The van der Waals surface area contributed by atoms with Crippen molar-refractivity contribution >= 4 is 6.08 Å². The van der Waals surface area contributed by atoms with Gasteiger partial charge in [0, 0.05) is 0 Å². The monoisotopic (exact) mass is 240 g/mol. The summed E-state index contributed by atoms with van der Waals surface area (Å²) in [6.07, 6.45) is 1.83. The fraction of sp³-hybridized carbons (Fsp3) is 0.125. The first-order valence-electron chi connectivity index (χ1n) is 5.86. The molecule has 0 aliphatic carbocycles. The molecule has 0 aromatic heterocycles. The number of aliphatic hydroxyl groups is 1. The quantitative estimate of drug-likeness (QED) is 0.868. The third-order valence-corrected chi connectivity index (χ3v) is 2.78. The highest BCUT2D eigenvalue weighted by molar-refractivity contribution is 5.51. The van der Waals surface area contributed by atoms with E-state index < -0.39 is 0 Å². The van der Waals surface area contributed by atoms with E-state index in [1.54, 1.807) is 0 Å². The Morgan fingerprint density at radius 3 is 2.44 bits per heavy atom. The zero-order chi connectivity index (χ0) is 12.8. The summed E-state index contributed by atoms with van der Waals surface area (Å²) in [5.41, 5.74) is 3.08. The van der Waals surface area contributed by atoms with E-state index in [0.717, 1.165) is 22.4 Å². The van der Waals surface area contributed by atoms with Gasteiger partial charge in [-0.2, -0.15) is 0 Å². The lowest BCUT2D eigenvalue weighted by Crippen LogP contribution is -1.97.